The van der Waals surface area contributed by atoms with Gasteiger partial charge in [0, 0.05) is 5.92 Å². The van der Waals surface area contributed by atoms with Gasteiger partial charge in [0.1, 0.15) is 6.10 Å². The van der Waals surface area contributed by atoms with Crippen LogP contribution in [0.2, 0.25) is 0 Å². The van der Waals surface area contributed by atoms with Crippen molar-refractivity contribution in [3.8, 4) is 0 Å². The van der Waals surface area contributed by atoms with Crippen molar-refractivity contribution in [1.82, 2.24) is 0 Å². The van der Waals surface area contributed by atoms with Gasteiger partial charge in [-0.1, -0.05) is 36.8 Å². The Morgan fingerprint density at radius 1 is 1.14 bits per heavy atom. The number of ether oxygens (including phenoxy) is 1. The van der Waals surface area contributed by atoms with E-state index in [-0.39, 0.29) is 0 Å². The summed E-state index contributed by atoms with van der Waals surface area (Å²) in [5, 5.41) is 0. The lowest BCUT2D eigenvalue weighted by Crippen LogP contribution is -2.26. The molecule has 0 saturated heterocycles. The standard InChI is InChI=1S/C20H28O/c1-6-14(2)13-21-19-10-8-7-9-18(19)20-16(4)11-15(3)12-17(20)5/h6,11-13,18-19H,1,7-10H2,2-5H3/b14-13+/t18-,19-/m1/s1. The largest absolute Gasteiger partial charge is 0.497 e. The molecular weight excluding hydrogens is 256 g/mol. The summed E-state index contributed by atoms with van der Waals surface area (Å²) in [6.45, 7) is 12.5. The Bertz CT molecular complexity index is 516. The van der Waals surface area contributed by atoms with Gasteiger partial charge in [0.2, 0.25) is 0 Å². The zero-order valence-electron chi connectivity index (χ0n) is 13.9. The molecule has 0 heterocycles. The van der Waals surface area contributed by atoms with Crippen molar-refractivity contribution in [2.24, 2.45) is 0 Å². The topological polar surface area (TPSA) is 9.23 Å². The SMILES string of the molecule is C=C/C(C)=C/O[C@@H]1CCCC[C@H]1c1c(C)cc(C)cc1C. The van der Waals surface area contributed by atoms with Crippen molar-refractivity contribution in [1.29, 1.82) is 0 Å². The van der Waals surface area contributed by atoms with Crippen LogP contribution in [0.5, 0.6) is 0 Å². The smallest absolute Gasteiger partial charge is 0.105 e. The molecule has 2 rings (SSSR count). The van der Waals surface area contributed by atoms with Gasteiger partial charge in [-0.25, -0.2) is 0 Å². The average molecular weight is 284 g/mol. The summed E-state index contributed by atoms with van der Waals surface area (Å²) >= 11 is 0. The Kier molecular flexibility index (Phi) is 5.27. The van der Waals surface area contributed by atoms with E-state index < -0.39 is 0 Å². The zero-order valence-corrected chi connectivity index (χ0v) is 13.9. The summed E-state index contributed by atoms with van der Waals surface area (Å²) in [6.07, 6.45) is 8.99. The highest BCUT2D eigenvalue weighted by atomic mass is 16.5. The van der Waals surface area contributed by atoms with Crippen LogP contribution in [0.15, 0.2) is 36.6 Å². The van der Waals surface area contributed by atoms with Gasteiger partial charge in [-0.05, 0) is 69.2 Å². The van der Waals surface area contributed by atoms with Crippen LogP contribution in [0.4, 0.5) is 0 Å². The molecule has 0 aromatic heterocycles. The minimum absolute atomic E-state index is 0.300. The Hall–Kier alpha value is -1.50. The average Bonchev–Trinajstić information content (AvgIpc) is 2.44. The third-order valence-electron chi connectivity index (χ3n) is 4.56. The maximum atomic E-state index is 6.11. The lowest BCUT2D eigenvalue weighted by molar-refractivity contribution is 0.0833. The predicted octanol–water partition coefficient (Wildman–Crippen LogP) is 5.74. The highest BCUT2D eigenvalue weighted by Crippen LogP contribution is 2.38. The van der Waals surface area contributed by atoms with Crippen LogP contribution in [-0.4, -0.2) is 6.10 Å². The van der Waals surface area contributed by atoms with Gasteiger partial charge in [0.15, 0.2) is 0 Å². The molecule has 1 saturated carbocycles. The summed E-state index contributed by atoms with van der Waals surface area (Å²) in [7, 11) is 0. The number of benzene rings is 1. The molecule has 2 atom stereocenters. The molecule has 0 unspecified atom stereocenters. The van der Waals surface area contributed by atoms with Crippen LogP contribution in [0, 0.1) is 20.8 Å². The molecular formula is C20H28O. The summed E-state index contributed by atoms with van der Waals surface area (Å²) in [4.78, 5) is 0. The third kappa shape index (κ3) is 3.78. The molecule has 1 nitrogen and oxygen atoms in total. The number of allylic oxidation sites excluding steroid dienone is 2. The van der Waals surface area contributed by atoms with Crippen molar-refractivity contribution < 1.29 is 4.74 Å². The molecule has 1 aromatic carbocycles. The summed E-state index contributed by atoms with van der Waals surface area (Å²) in [5.74, 6) is 0.521. The summed E-state index contributed by atoms with van der Waals surface area (Å²) < 4.78 is 6.11. The Labute approximate surface area is 129 Å². The van der Waals surface area contributed by atoms with E-state index in [4.69, 9.17) is 4.74 Å². The molecule has 114 valence electrons. The maximum absolute atomic E-state index is 6.11. The van der Waals surface area contributed by atoms with Crippen molar-refractivity contribution in [3.05, 3.63) is 58.9 Å². The van der Waals surface area contributed by atoms with Crippen LogP contribution >= 0.6 is 0 Å². The van der Waals surface area contributed by atoms with Gasteiger partial charge in [-0.2, -0.15) is 0 Å². The number of hydrogen-bond acceptors (Lipinski definition) is 1. The molecule has 0 aliphatic heterocycles. The number of rotatable bonds is 4. The van der Waals surface area contributed by atoms with Gasteiger partial charge < -0.3 is 4.74 Å². The highest BCUT2D eigenvalue weighted by molar-refractivity contribution is 5.40. The minimum Gasteiger partial charge on any atom is -0.497 e. The second kappa shape index (κ2) is 6.98. The van der Waals surface area contributed by atoms with E-state index in [0.717, 1.165) is 12.0 Å². The molecule has 0 bridgehead atoms. The van der Waals surface area contributed by atoms with Gasteiger partial charge in [0.05, 0.1) is 6.26 Å². The number of aryl methyl sites for hydroxylation is 3. The summed E-state index contributed by atoms with van der Waals surface area (Å²) in [5.41, 5.74) is 6.78. The fourth-order valence-corrected chi connectivity index (χ4v) is 3.61. The molecule has 1 aliphatic rings. The monoisotopic (exact) mass is 284 g/mol. The fraction of sp³-hybridized carbons (Fsp3) is 0.500. The van der Waals surface area contributed by atoms with E-state index in [1.807, 2.05) is 19.3 Å². The Morgan fingerprint density at radius 3 is 2.38 bits per heavy atom. The third-order valence-corrected chi connectivity index (χ3v) is 4.56. The van der Waals surface area contributed by atoms with E-state index >= 15 is 0 Å². The minimum atomic E-state index is 0.300. The normalized spacial score (nSPS) is 23.0. The van der Waals surface area contributed by atoms with Gasteiger partial charge in [-0.15, -0.1) is 0 Å². The quantitative estimate of drug-likeness (QED) is 0.505. The van der Waals surface area contributed by atoms with E-state index in [2.05, 4.69) is 39.5 Å². The fourth-order valence-electron chi connectivity index (χ4n) is 3.61. The van der Waals surface area contributed by atoms with Gasteiger partial charge in [-0.3, -0.25) is 0 Å². The van der Waals surface area contributed by atoms with Crippen molar-refractivity contribution in [2.75, 3.05) is 0 Å². The predicted molar refractivity (Wildman–Crippen MR) is 90.7 cm³/mol. The lowest BCUT2D eigenvalue weighted by atomic mass is 9.78. The summed E-state index contributed by atoms with van der Waals surface area (Å²) in [6, 6.07) is 4.61. The van der Waals surface area contributed by atoms with Crippen LogP contribution < -0.4 is 0 Å². The van der Waals surface area contributed by atoms with Crippen molar-refractivity contribution in [3.63, 3.8) is 0 Å². The Balaban J connectivity index is 2.29. The maximum Gasteiger partial charge on any atom is 0.105 e. The number of hydrogen-bond donors (Lipinski definition) is 0. The van der Waals surface area contributed by atoms with Crippen LogP contribution in [0.25, 0.3) is 0 Å². The van der Waals surface area contributed by atoms with Crippen molar-refractivity contribution in [2.45, 2.75) is 65.4 Å². The molecule has 0 N–H and O–H groups in total. The molecule has 1 aromatic rings. The molecule has 0 amide bonds. The second-order valence-electron chi connectivity index (χ2n) is 6.44. The molecule has 1 fully saturated rings. The first-order chi connectivity index (χ1) is 10.0. The first-order valence-corrected chi connectivity index (χ1v) is 8.05. The van der Waals surface area contributed by atoms with Crippen molar-refractivity contribution >= 4 is 0 Å². The highest BCUT2D eigenvalue weighted by Gasteiger charge is 2.29. The van der Waals surface area contributed by atoms with Gasteiger partial charge in [0.25, 0.3) is 0 Å². The molecule has 21 heavy (non-hydrogen) atoms. The van der Waals surface area contributed by atoms with E-state index in [1.54, 1.807) is 0 Å². The van der Waals surface area contributed by atoms with Crippen LogP contribution in [-0.2, 0) is 4.74 Å². The molecule has 1 aliphatic carbocycles. The molecule has 1 heteroatoms. The van der Waals surface area contributed by atoms with E-state index in [9.17, 15) is 0 Å². The first kappa shape index (κ1) is 15.9. The Morgan fingerprint density at radius 2 is 1.76 bits per heavy atom. The van der Waals surface area contributed by atoms with Crippen LogP contribution in [0.1, 0.15) is 60.8 Å². The van der Waals surface area contributed by atoms with Gasteiger partial charge >= 0.3 is 0 Å². The molecule has 0 spiro atoms. The zero-order chi connectivity index (χ0) is 15.4. The lowest BCUT2D eigenvalue weighted by Gasteiger charge is -2.33. The molecule has 0 radical (unpaired) electrons. The second-order valence-corrected chi connectivity index (χ2v) is 6.44. The van der Waals surface area contributed by atoms with Crippen LogP contribution in [0.3, 0.4) is 0 Å². The first-order valence-electron chi connectivity index (χ1n) is 8.05. The van der Waals surface area contributed by atoms with E-state index in [0.29, 0.717) is 12.0 Å². The van der Waals surface area contributed by atoms with E-state index in [1.165, 1.54) is 41.5 Å².